The number of rotatable bonds is 1. The summed E-state index contributed by atoms with van der Waals surface area (Å²) >= 11 is 0. The van der Waals surface area contributed by atoms with Crippen molar-refractivity contribution in [2.24, 2.45) is 0 Å². The minimum atomic E-state index is 0.375. The van der Waals surface area contributed by atoms with Crippen molar-refractivity contribution < 1.29 is 4.42 Å². The van der Waals surface area contributed by atoms with E-state index >= 15 is 0 Å². The van der Waals surface area contributed by atoms with E-state index in [0.717, 1.165) is 10.9 Å². The van der Waals surface area contributed by atoms with Gasteiger partial charge in [-0.2, -0.15) is 10.5 Å². The minimum Gasteiger partial charge on any atom is -0.456 e. The maximum absolute atomic E-state index is 8.94. The van der Waals surface area contributed by atoms with Crippen LogP contribution < -0.4 is 0 Å². The Kier molecular flexibility index (Phi) is 2.48. The molecule has 0 fully saturated rings. The van der Waals surface area contributed by atoms with Gasteiger partial charge in [-0.15, -0.1) is 0 Å². The predicted molar refractivity (Wildman–Crippen MR) is 79.8 cm³/mol. The number of hydrogen-bond acceptors (Lipinski definition) is 4. The van der Waals surface area contributed by atoms with Crippen molar-refractivity contribution in [2.75, 3.05) is 0 Å². The van der Waals surface area contributed by atoms with Crippen LogP contribution in [-0.2, 0) is 0 Å². The second kappa shape index (κ2) is 4.47. The summed E-state index contributed by atoms with van der Waals surface area (Å²) in [5, 5.41) is 18.8. The van der Waals surface area contributed by atoms with Crippen LogP contribution in [0.15, 0.2) is 53.2 Å². The van der Waals surface area contributed by atoms with Gasteiger partial charge in [-0.1, -0.05) is 0 Å². The molecule has 102 valence electrons. The molecule has 0 amide bonds. The fourth-order valence-electron chi connectivity index (χ4n) is 2.43. The molecular weight excluding hydrogens is 276 g/mol. The Morgan fingerprint density at radius 2 is 1.95 bits per heavy atom. The van der Waals surface area contributed by atoms with Crippen LogP contribution >= 0.6 is 0 Å². The third-order valence-electron chi connectivity index (χ3n) is 3.51. The Labute approximate surface area is 125 Å². The van der Waals surface area contributed by atoms with Gasteiger partial charge in [0, 0.05) is 23.3 Å². The van der Waals surface area contributed by atoms with Gasteiger partial charge in [0.15, 0.2) is 5.69 Å². The second-order valence-electron chi connectivity index (χ2n) is 4.89. The summed E-state index contributed by atoms with van der Waals surface area (Å²) in [6, 6.07) is 15.2. The number of nitriles is 2. The molecule has 0 bridgehead atoms. The summed E-state index contributed by atoms with van der Waals surface area (Å²) in [5.74, 6) is 0.703. The first-order chi connectivity index (χ1) is 10.8. The van der Waals surface area contributed by atoms with Crippen molar-refractivity contribution in [3.63, 3.8) is 0 Å². The summed E-state index contributed by atoms with van der Waals surface area (Å²) in [7, 11) is 0. The number of aromatic nitrogens is 2. The molecule has 0 radical (unpaired) electrons. The summed E-state index contributed by atoms with van der Waals surface area (Å²) < 4.78 is 7.62. The Bertz CT molecular complexity index is 1090. The molecule has 0 saturated heterocycles. The number of benzene rings is 1. The molecule has 0 atom stereocenters. The average molecular weight is 284 g/mol. The van der Waals surface area contributed by atoms with Crippen LogP contribution in [0, 0.1) is 22.7 Å². The van der Waals surface area contributed by atoms with E-state index in [2.05, 4.69) is 11.1 Å². The molecule has 5 nitrogen and oxygen atoms in total. The number of fused-ring (bicyclic) bond motifs is 2. The summed E-state index contributed by atoms with van der Waals surface area (Å²) in [5.41, 5.74) is 3.18. The molecule has 1 aromatic carbocycles. The van der Waals surface area contributed by atoms with E-state index < -0.39 is 0 Å². The Hall–Kier alpha value is -3.57. The zero-order valence-corrected chi connectivity index (χ0v) is 11.3. The lowest BCUT2D eigenvalue weighted by Crippen LogP contribution is -1.83. The molecule has 0 spiro atoms. The van der Waals surface area contributed by atoms with Gasteiger partial charge in [0.1, 0.15) is 23.1 Å². The zero-order valence-electron chi connectivity index (χ0n) is 11.3. The lowest BCUT2D eigenvalue weighted by atomic mass is 10.1. The first-order valence-electron chi connectivity index (χ1n) is 6.60. The molecule has 22 heavy (non-hydrogen) atoms. The minimum absolute atomic E-state index is 0.375. The van der Waals surface area contributed by atoms with E-state index in [1.807, 2.05) is 36.5 Å². The lowest BCUT2D eigenvalue weighted by molar-refractivity contribution is 0.631. The van der Waals surface area contributed by atoms with Gasteiger partial charge >= 0.3 is 0 Å². The zero-order chi connectivity index (χ0) is 15.1. The summed E-state index contributed by atoms with van der Waals surface area (Å²) in [4.78, 5) is 4.22. The van der Waals surface area contributed by atoms with E-state index in [1.54, 1.807) is 22.7 Å². The van der Waals surface area contributed by atoms with Gasteiger partial charge in [0.05, 0.1) is 11.6 Å². The standard InChI is InChI=1S/C17H8N4O/c18-8-11-1-2-12-6-16(22-15(12)5-11)13-3-4-21-10-14(9-19)20-17(21)7-13/h1-7,10H. The smallest absolute Gasteiger partial charge is 0.159 e. The van der Waals surface area contributed by atoms with Crippen molar-refractivity contribution in [1.82, 2.24) is 9.38 Å². The first-order valence-corrected chi connectivity index (χ1v) is 6.60. The molecule has 0 unspecified atom stereocenters. The fourth-order valence-corrected chi connectivity index (χ4v) is 2.43. The van der Waals surface area contributed by atoms with Crippen molar-refractivity contribution in [3.8, 4) is 23.5 Å². The number of nitrogens with zero attached hydrogens (tertiary/aromatic N) is 4. The maximum atomic E-state index is 8.94. The number of imidazole rings is 1. The SMILES string of the molecule is N#Cc1ccc2cc(-c3ccn4cc(C#N)nc4c3)oc2c1. The van der Waals surface area contributed by atoms with Crippen molar-refractivity contribution in [1.29, 1.82) is 10.5 Å². The van der Waals surface area contributed by atoms with Gasteiger partial charge in [0.2, 0.25) is 0 Å². The van der Waals surface area contributed by atoms with Crippen molar-refractivity contribution in [2.45, 2.75) is 0 Å². The van der Waals surface area contributed by atoms with E-state index in [0.29, 0.717) is 28.2 Å². The number of pyridine rings is 1. The van der Waals surface area contributed by atoms with E-state index in [1.165, 1.54) is 0 Å². The van der Waals surface area contributed by atoms with E-state index in [4.69, 9.17) is 14.9 Å². The van der Waals surface area contributed by atoms with Gasteiger partial charge in [-0.05, 0) is 36.4 Å². The second-order valence-corrected chi connectivity index (χ2v) is 4.89. The highest BCUT2D eigenvalue weighted by Crippen LogP contribution is 2.29. The monoisotopic (exact) mass is 284 g/mol. The van der Waals surface area contributed by atoms with Crippen LogP contribution in [0.2, 0.25) is 0 Å². The molecule has 4 rings (SSSR count). The van der Waals surface area contributed by atoms with Crippen molar-refractivity contribution >= 4 is 16.6 Å². The molecular formula is C17H8N4O. The van der Waals surface area contributed by atoms with Crippen molar-refractivity contribution in [3.05, 3.63) is 60.0 Å². The third-order valence-corrected chi connectivity index (χ3v) is 3.51. The van der Waals surface area contributed by atoms with Gasteiger partial charge < -0.3 is 8.82 Å². The normalized spacial score (nSPS) is 10.6. The summed E-state index contributed by atoms with van der Waals surface area (Å²) in [6.45, 7) is 0. The highest BCUT2D eigenvalue weighted by atomic mass is 16.3. The molecule has 3 heterocycles. The largest absolute Gasteiger partial charge is 0.456 e. The average Bonchev–Trinajstić information content (AvgIpc) is 3.16. The van der Waals surface area contributed by atoms with Crippen LogP contribution in [0.5, 0.6) is 0 Å². The van der Waals surface area contributed by atoms with Crippen LogP contribution in [0.3, 0.4) is 0 Å². The molecule has 5 heteroatoms. The Balaban J connectivity index is 1.87. The third kappa shape index (κ3) is 1.81. The predicted octanol–water partition coefficient (Wildman–Crippen LogP) is 3.49. The van der Waals surface area contributed by atoms with Gasteiger partial charge in [-0.25, -0.2) is 4.98 Å². The van der Waals surface area contributed by atoms with Gasteiger partial charge in [0.25, 0.3) is 0 Å². The van der Waals surface area contributed by atoms with E-state index in [9.17, 15) is 0 Å². The topological polar surface area (TPSA) is 78.0 Å². The maximum Gasteiger partial charge on any atom is 0.159 e. The molecule has 0 aliphatic carbocycles. The van der Waals surface area contributed by atoms with Crippen LogP contribution in [0.4, 0.5) is 0 Å². The van der Waals surface area contributed by atoms with E-state index in [-0.39, 0.29) is 0 Å². The molecule has 0 aliphatic heterocycles. The highest BCUT2D eigenvalue weighted by Gasteiger charge is 2.09. The van der Waals surface area contributed by atoms with Crippen LogP contribution in [0.1, 0.15) is 11.3 Å². The lowest BCUT2D eigenvalue weighted by Gasteiger charge is -1.97. The van der Waals surface area contributed by atoms with Crippen LogP contribution in [-0.4, -0.2) is 9.38 Å². The first kappa shape index (κ1) is 12.2. The fraction of sp³-hybridized carbons (Fsp3) is 0. The van der Waals surface area contributed by atoms with Gasteiger partial charge in [-0.3, -0.25) is 0 Å². The molecule has 0 aliphatic rings. The molecule has 0 N–H and O–H groups in total. The number of hydrogen-bond donors (Lipinski definition) is 0. The molecule has 4 aromatic rings. The Morgan fingerprint density at radius 1 is 1.05 bits per heavy atom. The Morgan fingerprint density at radius 3 is 2.77 bits per heavy atom. The molecule has 3 aromatic heterocycles. The molecule has 0 saturated carbocycles. The number of furan rings is 1. The van der Waals surface area contributed by atoms with Crippen LogP contribution in [0.25, 0.3) is 27.9 Å². The summed E-state index contributed by atoms with van der Waals surface area (Å²) in [6.07, 6.45) is 3.52. The highest BCUT2D eigenvalue weighted by molar-refractivity contribution is 5.84. The quantitative estimate of drug-likeness (QED) is 0.536.